The lowest BCUT2D eigenvalue weighted by molar-refractivity contribution is 0.134. The molecule has 2 aromatic rings. The quantitative estimate of drug-likeness (QED) is 0.799. The first-order valence-electron chi connectivity index (χ1n) is 11.6. The van der Waals surface area contributed by atoms with Crippen LogP contribution >= 0.6 is 0 Å². The lowest BCUT2D eigenvalue weighted by Gasteiger charge is -2.35. The fourth-order valence-corrected chi connectivity index (χ4v) is 5.23. The van der Waals surface area contributed by atoms with Crippen LogP contribution in [0.3, 0.4) is 0 Å². The minimum Gasteiger partial charge on any atom is -0.334 e. The van der Waals surface area contributed by atoms with Gasteiger partial charge in [-0.2, -0.15) is 0 Å². The second kappa shape index (κ2) is 9.81. The highest BCUT2D eigenvalue weighted by Gasteiger charge is 2.26. The number of amides is 2. The monoisotopic (exact) mass is 424 g/mol. The van der Waals surface area contributed by atoms with Gasteiger partial charge in [-0.05, 0) is 42.2 Å². The number of aromatic nitrogens is 3. The third-order valence-corrected chi connectivity index (χ3v) is 6.71. The Hall–Kier alpha value is -2.41. The molecule has 2 fully saturated rings. The third-order valence-electron chi connectivity index (χ3n) is 6.71. The van der Waals surface area contributed by atoms with E-state index in [9.17, 15) is 4.79 Å². The number of hydrogen-bond acceptors (Lipinski definition) is 4. The highest BCUT2D eigenvalue weighted by Crippen LogP contribution is 2.26. The molecule has 2 saturated heterocycles. The second-order valence-corrected chi connectivity index (χ2v) is 9.68. The Kier molecular flexibility index (Phi) is 6.90. The molecule has 1 N–H and O–H groups in total. The molecule has 2 atom stereocenters. The maximum absolute atomic E-state index is 12.6. The first-order chi connectivity index (χ1) is 15.0. The zero-order valence-electron chi connectivity index (χ0n) is 19.1. The van der Waals surface area contributed by atoms with Gasteiger partial charge in [-0.3, -0.25) is 4.90 Å². The van der Waals surface area contributed by atoms with E-state index in [1.165, 1.54) is 25.1 Å². The van der Waals surface area contributed by atoms with Crippen molar-refractivity contribution in [2.75, 3.05) is 26.2 Å². The van der Waals surface area contributed by atoms with E-state index >= 15 is 0 Å². The molecule has 31 heavy (non-hydrogen) atoms. The molecular weight excluding hydrogens is 388 g/mol. The van der Waals surface area contributed by atoms with Crippen molar-refractivity contribution in [3.63, 3.8) is 0 Å². The van der Waals surface area contributed by atoms with E-state index < -0.39 is 0 Å². The fourth-order valence-electron chi connectivity index (χ4n) is 5.23. The number of hydrogen-bond donors (Lipinski definition) is 1. The molecule has 2 aliphatic heterocycles. The van der Waals surface area contributed by atoms with Gasteiger partial charge < -0.3 is 14.8 Å². The SMILES string of the molecule is CC1CC(C)CN(Cc2ccc(CNC(=O)N3CCC(c4nncn4C)CC3)cc2)C1. The van der Waals surface area contributed by atoms with Crippen LogP contribution in [-0.4, -0.2) is 56.8 Å². The number of urea groups is 1. The van der Waals surface area contributed by atoms with E-state index in [0.717, 1.165) is 55.7 Å². The predicted molar refractivity (Wildman–Crippen MR) is 121 cm³/mol. The number of carbonyl (C=O) groups is 1. The van der Waals surface area contributed by atoms with E-state index in [0.29, 0.717) is 12.5 Å². The lowest BCUT2D eigenvalue weighted by Crippen LogP contribution is -2.44. The molecule has 4 rings (SSSR count). The molecule has 0 bridgehead atoms. The zero-order valence-corrected chi connectivity index (χ0v) is 19.1. The van der Waals surface area contributed by atoms with E-state index in [1.54, 1.807) is 6.33 Å². The van der Waals surface area contributed by atoms with Gasteiger partial charge in [0.1, 0.15) is 12.2 Å². The minimum absolute atomic E-state index is 0.0248. The molecule has 0 radical (unpaired) electrons. The number of carbonyl (C=O) groups excluding carboxylic acids is 1. The average molecular weight is 425 g/mol. The normalized spacial score (nSPS) is 23.1. The summed E-state index contributed by atoms with van der Waals surface area (Å²) in [5.41, 5.74) is 2.49. The number of nitrogens with zero attached hydrogens (tertiary/aromatic N) is 5. The van der Waals surface area contributed by atoms with Crippen molar-refractivity contribution >= 4 is 6.03 Å². The molecule has 0 spiro atoms. The number of nitrogens with one attached hydrogen (secondary N) is 1. The molecule has 7 heteroatoms. The summed E-state index contributed by atoms with van der Waals surface area (Å²) in [6.07, 6.45) is 4.95. The van der Waals surface area contributed by atoms with Crippen molar-refractivity contribution < 1.29 is 4.79 Å². The van der Waals surface area contributed by atoms with Gasteiger partial charge in [0.25, 0.3) is 0 Å². The Bertz CT molecular complexity index is 845. The zero-order chi connectivity index (χ0) is 21.8. The van der Waals surface area contributed by atoms with Crippen molar-refractivity contribution in [2.45, 2.75) is 52.1 Å². The van der Waals surface area contributed by atoms with E-state index in [4.69, 9.17) is 0 Å². The van der Waals surface area contributed by atoms with E-state index in [1.807, 2.05) is 16.5 Å². The van der Waals surface area contributed by atoms with Crippen LogP contribution in [0.4, 0.5) is 4.79 Å². The largest absolute Gasteiger partial charge is 0.334 e. The number of piperidine rings is 2. The van der Waals surface area contributed by atoms with Gasteiger partial charge in [0.05, 0.1) is 0 Å². The van der Waals surface area contributed by atoms with Gasteiger partial charge in [0.15, 0.2) is 0 Å². The van der Waals surface area contributed by atoms with E-state index in [-0.39, 0.29) is 6.03 Å². The summed E-state index contributed by atoms with van der Waals surface area (Å²) in [4.78, 5) is 17.1. The van der Waals surface area contributed by atoms with Crippen LogP contribution in [0.1, 0.15) is 56.0 Å². The lowest BCUT2D eigenvalue weighted by atomic mass is 9.91. The molecule has 0 aliphatic carbocycles. The van der Waals surface area contributed by atoms with Crippen LogP contribution in [0, 0.1) is 11.8 Å². The summed E-state index contributed by atoms with van der Waals surface area (Å²) < 4.78 is 1.98. The Labute approximate surface area is 185 Å². The highest BCUT2D eigenvalue weighted by atomic mass is 16.2. The minimum atomic E-state index is 0.0248. The van der Waals surface area contributed by atoms with Gasteiger partial charge in [0.2, 0.25) is 0 Å². The van der Waals surface area contributed by atoms with Crippen molar-refractivity contribution in [1.29, 1.82) is 0 Å². The summed E-state index contributed by atoms with van der Waals surface area (Å²) in [6, 6.07) is 8.73. The van der Waals surface area contributed by atoms with Gasteiger partial charge in [-0.1, -0.05) is 38.1 Å². The molecular formula is C24H36N6O. The van der Waals surface area contributed by atoms with Crippen LogP contribution < -0.4 is 5.32 Å². The molecule has 3 heterocycles. The van der Waals surface area contributed by atoms with Crippen LogP contribution in [0.15, 0.2) is 30.6 Å². The van der Waals surface area contributed by atoms with Crippen molar-refractivity contribution in [3.8, 4) is 0 Å². The second-order valence-electron chi connectivity index (χ2n) is 9.68. The molecule has 2 aliphatic rings. The Morgan fingerprint density at radius 2 is 1.71 bits per heavy atom. The first-order valence-corrected chi connectivity index (χ1v) is 11.6. The van der Waals surface area contributed by atoms with E-state index in [2.05, 4.69) is 58.5 Å². The van der Waals surface area contributed by atoms with Gasteiger partial charge in [-0.15, -0.1) is 10.2 Å². The Balaban J connectivity index is 1.21. The van der Waals surface area contributed by atoms with Crippen LogP contribution in [0.5, 0.6) is 0 Å². The van der Waals surface area contributed by atoms with Crippen molar-refractivity contribution in [3.05, 3.63) is 47.5 Å². The van der Waals surface area contributed by atoms with Crippen LogP contribution in [0.25, 0.3) is 0 Å². The van der Waals surface area contributed by atoms with Crippen LogP contribution in [0.2, 0.25) is 0 Å². The topological polar surface area (TPSA) is 66.3 Å². The third kappa shape index (κ3) is 5.64. The summed E-state index contributed by atoms with van der Waals surface area (Å²) in [6.45, 7) is 10.2. The average Bonchev–Trinajstić information content (AvgIpc) is 3.18. The maximum Gasteiger partial charge on any atom is 0.317 e. The molecule has 1 aromatic carbocycles. The molecule has 2 amide bonds. The first kappa shape index (κ1) is 21.8. The number of rotatable bonds is 5. The molecule has 7 nitrogen and oxygen atoms in total. The van der Waals surface area contributed by atoms with Gasteiger partial charge in [0, 0.05) is 52.2 Å². The van der Waals surface area contributed by atoms with Crippen LogP contribution in [-0.2, 0) is 20.1 Å². The standard InChI is InChI=1S/C24H36N6O/c1-18-12-19(2)15-29(14-18)16-21-6-4-20(5-7-21)13-25-24(31)30-10-8-22(9-11-30)23-27-26-17-28(23)3/h4-7,17-19,22H,8-16H2,1-3H3,(H,25,31). The fraction of sp³-hybridized carbons (Fsp3) is 0.625. The number of aryl methyl sites for hydroxylation is 1. The molecule has 2 unspecified atom stereocenters. The molecule has 1 aromatic heterocycles. The predicted octanol–water partition coefficient (Wildman–Crippen LogP) is 3.38. The summed E-state index contributed by atoms with van der Waals surface area (Å²) >= 11 is 0. The van der Waals surface area contributed by atoms with Gasteiger partial charge >= 0.3 is 6.03 Å². The van der Waals surface area contributed by atoms with Crippen molar-refractivity contribution in [1.82, 2.24) is 29.9 Å². The number of benzene rings is 1. The smallest absolute Gasteiger partial charge is 0.317 e. The molecule has 0 saturated carbocycles. The van der Waals surface area contributed by atoms with Gasteiger partial charge in [-0.25, -0.2) is 4.79 Å². The summed E-state index contributed by atoms with van der Waals surface area (Å²) in [5, 5.41) is 11.3. The Morgan fingerprint density at radius 3 is 2.32 bits per heavy atom. The highest BCUT2D eigenvalue weighted by molar-refractivity contribution is 5.74. The summed E-state index contributed by atoms with van der Waals surface area (Å²) in [7, 11) is 1.98. The maximum atomic E-state index is 12.6. The Morgan fingerprint density at radius 1 is 1.06 bits per heavy atom. The summed E-state index contributed by atoms with van der Waals surface area (Å²) in [5.74, 6) is 2.97. The molecule has 168 valence electrons. The number of likely N-dealkylation sites (tertiary alicyclic amines) is 2. The van der Waals surface area contributed by atoms with Crippen molar-refractivity contribution in [2.24, 2.45) is 18.9 Å².